The highest BCUT2D eigenvalue weighted by molar-refractivity contribution is 6.21. The van der Waals surface area contributed by atoms with Gasteiger partial charge in [0.25, 0.3) is 11.8 Å². The standard InChI is InChI=1S/C26H20N4O2.ClH/c31-25-20-6-1-2-7-21(20)26(32)30(25)14-16-4-3-5-17(12-16)18-8-11-23-22(13-18)24(28-15-27-23)29-19-9-10-19;/h1-8,11-13,15,19H,9-10,14H2,(H,27,28,29);1H. The predicted octanol–water partition coefficient (Wildman–Crippen LogP) is 5.09. The molecule has 6 rings (SSSR count). The van der Waals surface area contributed by atoms with Crippen LogP contribution in [0.1, 0.15) is 39.1 Å². The van der Waals surface area contributed by atoms with E-state index in [1.165, 1.54) is 17.7 Å². The number of carbonyl (C=O) groups is 2. The molecule has 1 aliphatic carbocycles. The minimum absolute atomic E-state index is 0. The highest BCUT2D eigenvalue weighted by Crippen LogP contribution is 2.31. The lowest BCUT2D eigenvalue weighted by atomic mass is 10.0. The summed E-state index contributed by atoms with van der Waals surface area (Å²) in [7, 11) is 0. The molecule has 164 valence electrons. The number of nitrogens with one attached hydrogen (secondary N) is 1. The highest BCUT2D eigenvalue weighted by Gasteiger charge is 2.34. The van der Waals surface area contributed by atoms with Gasteiger partial charge in [0, 0.05) is 11.4 Å². The molecule has 1 aliphatic heterocycles. The van der Waals surface area contributed by atoms with Crippen molar-refractivity contribution < 1.29 is 9.59 Å². The second-order valence-corrected chi connectivity index (χ2v) is 8.32. The number of aromatic nitrogens is 2. The van der Waals surface area contributed by atoms with Crippen molar-refractivity contribution in [2.75, 3.05) is 5.32 Å². The van der Waals surface area contributed by atoms with E-state index in [2.05, 4.69) is 21.4 Å². The topological polar surface area (TPSA) is 75.2 Å². The summed E-state index contributed by atoms with van der Waals surface area (Å²) < 4.78 is 0. The van der Waals surface area contributed by atoms with Crippen LogP contribution in [0.2, 0.25) is 0 Å². The van der Waals surface area contributed by atoms with Crippen LogP contribution in [-0.4, -0.2) is 32.7 Å². The van der Waals surface area contributed by atoms with Crippen LogP contribution in [0.5, 0.6) is 0 Å². The van der Waals surface area contributed by atoms with E-state index in [1.54, 1.807) is 30.6 Å². The lowest BCUT2D eigenvalue weighted by Gasteiger charge is -2.15. The van der Waals surface area contributed by atoms with E-state index in [0.717, 1.165) is 33.4 Å². The van der Waals surface area contributed by atoms with E-state index >= 15 is 0 Å². The van der Waals surface area contributed by atoms with Gasteiger partial charge >= 0.3 is 0 Å². The van der Waals surface area contributed by atoms with Gasteiger partial charge in [-0.25, -0.2) is 9.97 Å². The van der Waals surface area contributed by atoms with E-state index in [1.807, 2.05) is 36.4 Å². The van der Waals surface area contributed by atoms with E-state index in [0.29, 0.717) is 17.2 Å². The van der Waals surface area contributed by atoms with Gasteiger partial charge in [-0.05, 0) is 59.9 Å². The molecule has 33 heavy (non-hydrogen) atoms. The highest BCUT2D eigenvalue weighted by atomic mass is 35.5. The molecule has 1 fully saturated rings. The molecule has 1 aromatic heterocycles. The van der Waals surface area contributed by atoms with Crippen LogP contribution in [0.15, 0.2) is 73.1 Å². The van der Waals surface area contributed by atoms with Gasteiger partial charge in [-0.1, -0.05) is 36.4 Å². The summed E-state index contributed by atoms with van der Waals surface area (Å²) in [5.41, 5.74) is 4.79. The van der Waals surface area contributed by atoms with Crippen LogP contribution in [0, 0.1) is 0 Å². The number of nitrogens with zero attached hydrogens (tertiary/aromatic N) is 3. The minimum atomic E-state index is -0.241. The molecule has 7 heteroatoms. The van der Waals surface area contributed by atoms with Crippen LogP contribution in [0.3, 0.4) is 0 Å². The Morgan fingerprint density at radius 1 is 0.848 bits per heavy atom. The summed E-state index contributed by atoms with van der Waals surface area (Å²) in [5.74, 6) is 0.380. The number of benzene rings is 3. The molecule has 2 heterocycles. The van der Waals surface area contributed by atoms with Gasteiger partial charge in [-0.15, -0.1) is 12.4 Å². The fourth-order valence-electron chi connectivity index (χ4n) is 4.19. The normalized spacial score (nSPS) is 14.8. The summed E-state index contributed by atoms with van der Waals surface area (Å²) in [6, 6.07) is 21.6. The molecule has 0 spiro atoms. The smallest absolute Gasteiger partial charge is 0.261 e. The maximum atomic E-state index is 12.7. The zero-order valence-corrected chi connectivity index (χ0v) is 18.5. The van der Waals surface area contributed by atoms with Crippen molar-refractivity contribution in [3.8, 4) is 11.1 Å². The average molecular weight is 457 g/mol. The van der Waals surface area contributed by atoms with Crippen molar-refractivity contribution in [2.24, 2.45) is 0 Å². The van der Waals surface area contributed by atoms with E-state index in [4.69, 9.17) is 0 Å². The lowest BCUT2D eigenvalue weighted by Crippen LogP contribution is -2.29. The number of halogens is 1. The second-order valence-electron chi connectivity index (χ2n) is 8.32. The first-order valence-corrected chi connectivity index (χ1v) is 10.7. The second kappa shape index (κ2) is 8.30. The predicted molar refractivity (Wildman–Crippen MR) is 130 cm³/mol. The zero-order chi connectivity index (χ0) is 21.7. The van der Waals surface area contributed by atoms with E-state index in [9.17, 15) is 9.59 Å². The van der Waals surface area contributed by atoms with Crippen LogP contribution in [-0.2, 0) is 6.54 Å². The van der Waals surface area contributed by atoms with Gasteiger partial charge in [0.2, 0.25) is 0 Å². The van der Waals surface area contributed by atoms with Crippen molar-refractivity contribution in [1.29, 1.82) is 0 Å². The van der Waals surface area contributed by atoms with Crippen LogP contribution < -0.4 is 5.32 Å². The molecule has 0 bridgehead atoms. The summed E-state index contributed by atoms with van der Waals surface area (Å²) in [6.07, 6.45) is 3.94. The number of imide groups is 1. The molecule has 1 saturated carbocycles. The third kappa shape index (κ3) is 3.83. The van der Waals surface area contributed by atoms with E-state index < -0.39 is 0 Å². The monoisotopic (exact) mass is 456 g/mol. The SMILES string of the molecule is Cl.O=C1c2ccccc2C(=O)N1Cc1cccc(-c2ccc3ncnc(NC4CC4)c3c2)c1. The lowest BCUT2D eigenvalue weighted by molar-refractivity contribution is 0.0642. The maximum Gasteiger partial charge on any atom is 0.261 e. The first kappa shape index (κ1) is 21.1. The molecular weight excluding hydrogens is 436 g/mol. The Morgan fingerprint density at radius 2 is 1.58 bits per heavy atom. The van der Waals surface area contributed by atoms with Gasteiger partial charge in [0.15, 0.2) is 0 Å². The summed E-state index contributed by atoms with van der Waals surface area (Å²) in [4.78, 5) is 35.6. The first-order valence-electron chi connectivity index (χ1n) is 10.7. The fraction of sp³-hybridized carbons (Fsp3) is 0.154. The van der Waals surface area contributed by atoms with Gasteiger partial charge in [0.1, 0.15) is 12.1 Å². The molecule has 0 radical (unpaired) electrons. The number of rotatable bonds is 5. The Morgan fingerprint density at radius 3 is 2.30 bits per heavy atom. The Hall–Kier alpha value is -3.77. The quantitative estimate of drug-likeness (QED) is 0.423. The van der Waals surface area contributed by atoms with Crippen molar-refractivity contribution in [1.82, 2.24) is 14.9 Å². The maximum absolute atomic E-state index is 12.7. The molecule has 1 N–H and O–H groups in total. The summed E-state index contributed by atoms with van der Waals surface area (Å²) >= 11 is 0. The van der Waals surface area contributed by atoms with Crippen LogP contribution >= 0.6 is 12.4 Å². The van der Waals surface area contributed by atoms with Gasteiger partial charge < -0.3 is 5.32 Å². The fourth-order valence-corrected chi connectivity index (χ4v) is 4.19. The first-order chi connectivity index (χ1) is 15.7. The molecule has 6 nitrogen and oxygen atoms in total. The number of anilines is 1. The van der Waals surface area contributed by atoms with Crippen molar-refractivity contribution >= 4 is 40.9 Å². The Kier molecular flexibility index (Phi) is 5.30. The number of carbonyl (C=O) groups excluding carboxylic acids is 2. The molecule has 0 atom stereocenters. The Balaban J connectivity index is 0.00000228. The number of hydrogen-bond donors (Lipinski definition) is 1. The van der Waals surface area contributed by atoms with E-state index in [-0.39, 0.29) is 30.8 Å². The van der Waals surface area contributed by atoms with Crippen molar-refractivity contribution in [2.45, 2.75) is 25.4 Å². The van der Waals surface area contributed by atoms with Crippen LogP contribution in [0.4, 0.5) is 5.82 Å². The van der Waals surface area contributed by atoms with Gasteiger partial charge in [0.05, 0.1) is 23.2 Å². The third-order valence-corrected chi connectivity index (χ3v) is 6.03. The van der Waals surface area contributed by atoms with Gasteiger partial charge in [-0.2, -0.15) is 0 Å². The molecule has 0 unspecified atom stereocenters. The molecule has 3 aromatic carbocycles. The van der Waals surface area contributed by atoms with Crippen molar-refractivity contribution in [3.05, 3.63) is 89.7 Å². The third-order valence-electron chi connectivity index (χ3n) is 6.03. The zero-order valence-electron chi connectivity index (χ0n) is 17.7. The Bertz CT molecular complexity index is 1370. The molecule has 0 saturated heterocycles. The summed E-state index contributed by atoms with van der Waals surface area (Å²) in [6.45, 7) is 0.241. The average Bonchev–Trinajstić information content (AvgIpc) is 3.62. The number of amides is 2. The number of hydrogen-bond acceptors (Lipinski definition) is 5. The summed E-state index contributed by atoms with van der Waals surface area (Å²) in [5, 5.41) is 4.47. The molecule has 2 aliphatic rings. The Labute approximate surface area is 197 Å². The number of fused-ring (bicyclic) bond motifs is 2. The molecule has 2 amide bonds. The molecular formula is C26H21ClN4O2. The minimum Gasteiger partial charge on any atom is -0.367 e. The van der Waals surface area contributed by atoms with Crippen molar-refractivity contribution in [3.63, 3.8) is 0 Å². The van der Waals surface area contributed by atoms with Crippen LogP contribution in [0.25, 0.3) is 22.0 Å². The van der Waals surface area contributed by atoms with Gasteiger partial charge in [-0.3, -0.25) is 14.5 Å². The molecule has 4 aromatic rings. The largest absolute Gasteiger partial charge is 0.367 e.